The Hall–Kier alpha value is -2.87. The number of carbonyl (C=O) groups excluding carboxylic acids is 1. The molecule has 0 unspecified atom stereocenters. The van der Waals surface area contributed by atoms with Crippen molar-refractivity contribution in [1.82, 2.24) is 19.6 Å². The van der Waals surface area contributed by atoms with Crippen LogP contribution >= 0.6 is 0 Å². The van der Waals surface area contributed by atoms with Crippen LogP contribution in [-0.4, -0.2) is 42.7 Å². The van der Waals surface area contributed by atoms with E-state index in [1.54, 1.807) is 29.2 Å². The maximum absolute atomic E-state index is 12.0. The van der Waals surface area contributed by atoms with Crippen LogP contribution in [0.4, 0.5) is 5.82 Å². The first-order valence-electron chi connectivity index (χ1n) is 8.40. The summed E-state index contributed by atoms with van der Waals surface area (Å²) >= 11 is 0. The zero-order valence-corrected chi connectivity index (χ0v) is 13.6. The van der Waals surface area contributed by atoms with Crippen LogP contribution in [0.25, 0.3) is 16.9 Å². The van der Waals surface area contributed by atoms with Crippen LogP contribution in [-0.2, 0) is 0 Å². The number of fused-ring (bicyclic) bond motifs is 1. The van der Waals surface area contributed by atoms with Gasteiger partial charge in [0, 0.05) is 24.2 Å². The lowest BCUT2D eigenvalue weighted by molar-refractivity contribution is 0.100. The Morgan fingerprint density at radius 3 is 2.92 bits per heavy atom. The lowest BCUT2D eigenvalue weighted by Crippen LogP contribution is -2.36. The number of primary amides is 1. The van der Waals surface area contributed by atoms with E-state index in [-0.39, 0.29) is 17.7 Å². The number of amides is 1. The van der Waals surface area contributed by atoms with E-state index in [0.29, 0.717) is 17.2 Å². The van der Waals surface area contributed by atoms with E-state index in [9.17, 15) is 9.90 Å². The molecule has 3 aromatic heterocycles. The first-order chi connectivity index (χ1) is 12.1. The van der Waals surface area contributed by atoms with E-state index in [0.717, 1.165) is 31.2 Å². The molecule has 3 aromatic rings. The average Bonchev–Trinajstić information content (AvgIpc) is 3.23. The number of aliphatic hydroxyl groups excluding tert-OH is 1. The number of hydrogen-bond donors (Lipinski definition) is 4. The standard InChI is InChI=1S/C17H20N6O2/c18-16(25)14-15(10-5-7-19-9-10)22-23-8-6-13(21-17(14)23)20-11-3-1-2-4-12(11)24/h5-9,11-12,19,24H,1-4H2,(H2,18,25)(H,20,21)/t11-,12+/m1/s1. The molecule has 0 radical (unpaired) electrons. The van der Waals surface area contributed by atoms with Gasteiger partial charge >= 0.3 is 0 Å². The number of nitrogens with zero attached hydrogens (tertiary/aromatic N) is 3. The van der Waals surface area contributed by atoms with Crippen LogP contribution in [0.15, 0.2) is 30.7 Å². The van der Waals surface area contributed by atoms with Crippen molar-refractivity contribution in [2.75, 3.05) is 5.32 Å². The quantitative estimate of drug-likeness (QED) is 0.574. The normalized spacial score (nSPS) is 20.7. The summed E-state index contributed by atoms with van der Waals surface area (Å²) in [6.45, 7) is 0. The summed E-state index contributed by atoms with van der Waals surface area (Å²) in [4.78, 5) is 19.5. The summed E-state index contributed by atoms with van der Waals surface area (Å²) in [6.07, 6.45) is 8.67. The Labute approximate surface area is 144 Å². The lowest BCUT2D eigenvalue weighted by atomic mass is 9.93. The summed E-state index contributed by atoms with van der Waals surface area (Å²) in [6, 6.07) is 3.58. The molecular weight excluding hydrogens is 320 g/mol. The maximum atomic E-state index is 12.0. The van der Waals surface area contributed by atoms with Crippen molar-refractivity contribution in [2.45, 2.75) is 37.8 Å². The third-order valence-corrected chi connectivity index (χ3v) is 4.67. The Morgan fingerprint density at radius 2 is 2.20 bits per heavy atom. The Morgan fingerprint density at radius 1 is 1.36 bits per heavy atom. The van der Waals surface area contributed by atoms with Gasteiger partial charge in [-0.25, -0.2) is 9.50 Å². The first kappa shape index (κ1) is 15.6. The fraction of sp³-hybridized carbons (Fsp3) is 0.353. The molecular formula is C17H20N6O2. The van der Waals surface area contributed by atoms with E-state index in [4.69, 9.17) is 5.73 Å². The second-order valence-electron chi connectivity index (χ2n) is 6.37. The highest BCUT2D eigenvalue weighted by Gasteiger charge is 2.24. The van der Waals surface area contributed by atoms with Gasteiger partial charge in [0.2, 0.25) is 0 Å². The van der Waals surface area contributed by atoms with E-state index in [1.165, 1.54) is 0 Å². The highest BCUT2D eigenvalue weighted by Crippen LogP contribution is 2.26. The molecule has 1 aliphatic carbocycles. The molecule has 25 heavy (non-hydrogen) atoms. The van der Waals surface area contributed by atoms with Crippen LogP contribution in [0.5, 0.6) is 0 Å². The minimum absolute atomic E-state index is 0.0345. The van der Waals surface area contributed by atoms with Gasteiger partial charge in [-0.3, -0.25) is 4.79 Å². The van der Waals surface area contributed by atoms with Gasteiger partial charge in [0.1, 0.15) is 17.1 Å². The topological polar surface area (TPSA) is 121 Å². The number of rotatable bonds is 4. The van der Waals surface area contributed by atoms with E-state index >= 15 is 0 Å². The van der Waals surface area contributed by atoms with Crippen molar-refractivity contribution in [3.05, 3.63) is 36.3 Å². The Bertz CT molecular complexity index is 901. The summed E-state index contributed by atoms with van der Waals surface area (Å²) in [7, 11) is 0. The largest absolute Gasteiger partial charge is 0.391 e. The lowest BCUT2D eigenvalue weighted by Gasteiger charge is -2.28. The predicted octanol–water partition coefficient (Wildman–Crippen LogP) is 1.54. The van der Waals surface area contributed by atoms with E-state index in [2.05, 4.69) is 20.4 Å². The van der Waals surface area contributed by atoms with Crippen LogP contribution in [0.2, 0.25) is 0 Å². The second-order valence-corrected chi connectivity index (χ2v) is 6.37. The molecule has 1 aliphatic rings. The minimum atomic E-state index is -0.575. The van der Waals surface area contributed by atoms with Gasteiger partial charge < -0.3 is 21.1 Å². The van der Waals surface area contributed by atoms with E-state index in [1.807, 2.05) is 6.07 Å². The Kier molecular flexibility index (Phi) is 3.89. The SMILES string of the molecule is NC(=O)c1c(-c2cc[nH]c2)nn2ccc(N[C@@H]3CCCC[C@@H]3O)nc12. The van der Waals surface area contributed by atoms with Gasteiger partial charge in [-0.1, -0.05) is 12.8 Å². The zero-order chi connectivity index (χ0) is 17.4. The van der Waals surface area contributed by atoms with Gasteiger partial charge in [0.25, 0.3) is 5.91 Å². The van der Waals surface area contributed by atoms with Gasteiger partial charge in [0.15, 0.2) is 5.65 Å². The number of anilines is 1. The van der Waals surface area contributed by atoms with Crippen molar-refractivity contribution in [3.63, 3.8) is 0 Å². The number of H-pyrrole nitrogens is 1. The smallest absolute Gasteiger partial charge is 0.254 e. The van der Waals surface area contributed by atoms with Gasteiger partial charge in [-0.15, -0.1) is 0 Å². The molecule has 130 valence electrons. The molecule has 8 nitrogen and oxygen atoms in total. The molecule has 1 saturated carbocycles. The number of carbonyl (C=O) groups is 1. The monoisotopic (exact) mass is 340 g/mol. The van der Waals surface area contributed by atoms with Crippen LogP contribution in [0, 0.1) is 0 Å². The van der Waals surface area contributed by atoms with Gasteiger partial charge in [-0.05, 0) is 25.0 Å². The highest BCUT2D eigenvalue weighted by atomic mass is 16.3. The molecule has 3 heterocycles. The molecule has 4 rings (SSSR count). The zero-order valence-electron chi connectivity index (χ0n) is 13.6. The van der Waals surface area contributed by atoms with Crippen molar-refractivity contribution in [1.29, 1.82) is 0 Å². The Balaban J connectivity index is 1.74. The molecule has 0 bridgehead atoms. The number of aromatic nitrogens is 4. The molecule has 1 fully saturated rings. The number of nitrogens with two attached hydrogens (primary N) is 1. The highest BCUT2D eigenvalue weighted by molar-refractivity contribution is 6.04. The third kappa shape index (κ3) is 2.85. The second kappa shape index (κ2) is 6.21. The molecule has 0 spiro atoms. The number of hydrogen-bond acceptors (Lipinski definition) is 5. The molecule has 0 aromatic carbocycles. The van der Waals surface area contributed by atoms with Crippen LogP contribution in [0.3, 0.4) is 0 Å². The number of aromatic amines is 1. The minimum Gasteiger partial charge on any atom is -0.391 e. The van der Waals surface area contributed by atoms with E-state index < -0.39 is 5.91 Å². The van der Waals surface area contributed by atoms with Gasteiger partial charge in [0.05, 0.1) is 12.1 Å². The summed E-state index contributed by atoms with van der Waals surface area (Å²) < 4.78 is 1.55. The fourth-order valence-electron chi connectivity index (χ4n) is 3.38. The number of nitrogens with one attached hydrogen (secondary N) is 2. The molecule has 1 amide bonds. The van der Waals surface area contributed by atoms with Crippen molar-refractivity contribution < 1.29 is 9.90 Å². The summed E-state index contributed by atoms with van der Waals surface area (Å²) in [5, 5.41) is 17.8. The number of aliphatic hydroxyl groups is 1. The molecule has 8 heteroatoms. The summed E-state index contributed by atoms with van der Waals surface area (Å²) in [5.41, 5.74) is 7.54. The van der Waals surface area contributed by atoms with Crippen molar-refractivity contribution in [2.24, 2.45) is 5.73 Å². The molecule has 2 atom stereocenters. The molecule has 5 N–H and O–H groups in total. The average molecular weight is 340 g/mol. The van der Waals surface area contributed by atoms with Crippen molar-refractivity contribution in [3.8, 4) is 11.3 Å². The maximum Gasteiger partial charge on any atom is 0.254 e. The predicted molar refractivity (Wildman–Crippen MR) is 93.2 cm³/mol. The van der Waals surface area contributed by atoms with Gasteiger partial charge in [-0.2, -0.15) is 5.10 Å². The summed E-state index contributed by atoms with van der Waals surface area (Å²) in [5.74, 6) is 0.0232. The van der Waals surface area contributed by atoms with Crippen LogP contribution in [0.1, 0.15) is 36.0 Å². The first-order valence-corrected chi connectivity index (χ1v) is 8.40. The van der Waals surface area contributed by atoms with Crippen molar-refractivity contribution >= 4 is 17.4 Å². The molecule has 0 saturated heterocycles. The fourth-order valence-corrected chi connectivity index (χ4v) is 3.38. The van der Waals surface area contributed by atoms with Crippen LogP contribution < -0.4 is 11.1 Å². The third-order valence-electron chi connectivity index (χ3n) is 4.67. The molecule has 0 aliphatic heterocycles.